The molecule has 1 aliphatic rings. The van der Waals surface area contributed by atoms with E-state index >= 15 is 0 Å². The summed E-state index contributed by atoms with van der Waals surface area (Å²) in [4.78, 5) is 11.3. The van der Waals surface area contributed by atoms with Crippen molar-refractivity contribution in [3.05, 3.63) is 11.7 Å². The molecule has 26 heavy (non-hydrogen) atoms. The first-order chi connectivity index (χ1) is 11.9. The average molecular weight is 478 g/mol. The van der Waals surface area contributed by atoms with Crippen molar-refractivity contribution in [1.82, 2.24) is 25.7 Å². The van der Waals surface area contributed by atoms with Gasteiger partial charge in [0.15, 0.2) is 11.8 Å². The average Bonchev–Trinajstić information content (AvgIpc) is 3.08. The van der Waals surface area contributed by atoms with Gasteiger partial charge in [-0.15, -0.1) is 24.0 Å². The normalized spacial score (nSPS) is 16.5. The Morgan fingerprint density at radius 1 is 1.23 bits per heavy atom. The molecule has 0 aromatic carbocycles. The molecule has 150 valence electrons. The zero-order valence-corrected chi connectivity index (χ0v) is 19.2. The summed E-state index contributed by atoms with van der Waals surface area (Å²) >= 11 is 0. The fourth-order valence-corrected chi connectivity index (χ4v) is 3.02. The third-order valence-electron chi connectivity index (χ3n) is 4.76. The van der Waals surface area contributed by atoms with Crippen LogP contribution >= 0.6 is 24.0 Å². The fourth-order valence-electron chi connectivity index (χ4n) is 3.02. The van der Waals surface area contributed by atoms with Gasteiger partial charge in [-0.3, -0.25) is 9.89 Å². The zero-order valence-electron chi connectivity index (χ0n) is 16.8. The van der Waals surface area contributed by atoms with Gasteiger partial charge in [-0.25, -0.2) is 0 Å². The van der Waals surface area contributed by atoms with E-state index in [1.54, 1.807) is 7.05 Å². The standard InChI is InChI=1S/C18H34N6O.HI/c1-14(2)16-22-15(25-23-16)9-10-20-17(19-5)21-13-18(3,4)24-11-7-6-8-12-24;/h14H,6-13H2,1-5H3,(H2,19,20,21);1H. The minimum atomic E-state index is 0. The number of hydrogen-bond acceptors (Lipinski definition) is 5. The van der Waals surface area contributed by atoms with E-state index in [2.05, 4.69) is 58.4 Å². The molecule has 1 aliphatic heterocycles. The largest absolute Gasteiger partial charge is 0.356 e. The molecule has 1 saturated heterocycles. The van der Waals surface area contributed by atoms with Crippen molar-refractivity contribution in [1.29, 1.82) is 0 Å². The van der Waals surface area contributed by atoms with Crippen LogP contribution in [0, 0.1) is 0 Å². The van der Waals surface area contributed by atoms with E-state index in [0.29, 0.717) is 18.9 Å². The van der Waals surface area contributed by atoms with Crippen molar-refractivity contribution >= 4 is 29.9 Å². The Labute approximate surface area is 174 Å². The second-order valence-electron chi connectivity index (χ2n) is 7.66. The Hall–Kier alpha value is -0.900. The first kappa shape index (κ1) is 23.1. The Morgan fingerprint density at radius 3 is 2.50 bits per heavy atom. The lowest BCUT2D eigenvalue weighted by molar-refractivity contribution is 0.0982. The molecule has 1 fully saturated rings. The maximum Gasteiger partial charge on any atom is 0.228 e. The number of guanidine groups is 1. The molecule has 0 spiro atoms. The van der Waals surface area contributed by atoms with Crippen molar-refractivity contribution in [2.75, 3.05) is 33.2 Å². The molecule has 0 saturated carbocycles. The molecule has 8 heteroatoms. The topological polar surface area (TPSA) is 78.6 Å². The Balaban J connectivity index is 0.00000338. The van der Waals surface area contributed by atoms with Gasteiger partial charge in [0.2, 0.25) is 5.89 Å². The molecular weight excluding hydrogens is 443 g/mol. The Morgan fingerprint density at radius 2 is 1.92 bits per heavy atom. The molecule has 0 bridgehead atoms. The molecule has 7 nitrogen and oxygen atoms in total. The Kier molecular flexibility index (Phi) is 9.84. The van der Waals surface area contributed by atoms with E-state index in [4.69, 9.17) is 4.52 Å². The van der Waals surface area contributed by atoms with Crippen LogP contribution in [0.15, 0.2) is 9.52 Å². The van der Waals surface area contributed by atoms with Crippen LogP contribution in [0.2, 0.25) is 0 Å². The highest BCUT2D eigenvalue weighted by Crippen LogP contribution is 2.19. The van der Waals surface area contributed by atoms with Gasteiger partial charge in [-0.1, -0.05) is 25.4 Å². The number of halogens is 1. The van der Waals surface area contributed by atoms with Crippen molar-refractivity contribution in [3.63, 3.8) is 0 Å². The molecule has 2 N–H and O–H groups in total. The lowest BCUT2D eigenvalue weighted by Crippen LogP contribution is -2.55. The molecule has 0 radical (unpaired) electrons. The van der Waals surface area contributed by atoms with E-state index in [0.717, 1.165) is 18.3 Å². The highest BCUT2D eigenvalue weighted by molar-refractivity contribution is 14.0. The molecule has 0 unspecified atom stereocenters. The number of aromatic nitrogens is 2. The summed E-state index contributed by atoms with van der Waals surface area (Å²) < 4.78 is 5.27. The number of aliphatic imine (C=N–C) groups is 1. The number of nitrogens with one attached hydrogen (secondary N) is 2. The van der Waals surface area contributed by atoms with E-state index < -0.39 is 0 Å². The first-order valence-electron chi connectivity index (χ1n) is 9.44. The molecule has 1 aromatic heterocycles. The predicted molar refractivity (Wildman–Crippen MR) is 116 cm³/mol. The van der Waals surface area contributed by atoms with Crippen LogP contribution in [0.4, 0.5) is 0 Å². The zero-order chi connectivity index (χ0) is 18.3. The van der Waals surface area contributed by atoms with Gasteiger partial charge < -0.3 is 15.2 Å². The molecular formula is C18H35IN6O. The predicted octanol–water partition coefficient (Wildman–Crippen LogP) is 2.78. The van der Waals surface area contributed by atoms with E-state index in [1.165, 1.54) is 32.4 Å². The summed E-state index contributed by atoms with van der Waals surface area (Å²) in [6.45, 7) is 12.7. The van der Waals surface area contributed by atoms with Gasteiger partial charge in [0, 0.05) is 38.0 Å². The molecule has 0 aliphatic carbocycles. The smallest absolute Gasteiger partial charge is 0.228 e. The van der Waals surface area contributed by atoms with E-state index in [-0.39, 0.29) is 35.4 Å². The summed E-state index contributed by atoms with van der Waals surface area (Å²) in [5.41, 5.74) is 0.122. The summed E-state index contributed by atoms with van der Waals surface area (Å²) in [6, 6.07) is 0. The van der Waals surface area contributed by atoms with E-state index in [9.17, 15) is 0 Å². The van der Waals surface area contributed by atoms with Gasteiger partial charge in [0.25, 0.3) is 0 Å². The number of nitrogens with zero attached hydrogens (tertiary/aromatic N) is 4. The summed E-state index contributed by atoms with van der Waals surface area (Å²) in [5, 5.41) is 10.8. The molecule has 1 aromatic rings. The Bertz CT molecular complexity index is 552. The van der Waals surface area contributed by atoms with Crippen molar-refractivity contribution in [3.8, 4) is 0 Å². The minimum Gasteiger partial charge on any atom is -0.356 e. The van der Waals surface area contributed by atoms with Crippen molar-refractivity contribution in [2.24, 2.45) is 4.99 Å². The number of likely N-dealkylation sites (tertiary alicyclic amines) is 1. The van der Waals surface area contributed by atoms with Crippen LogP contribution in [0.25, 0.3) is 0 Å². The van der Waals surface area contributed by atoms with Gasteiger partial charge >= 0.3 is 0 Å². The summed E-state index contributed by atoms with van der Waals surface area (Å²) in [6.07, 6.45) is 4.66. The number of hydrogen-bond donors (Lipinski definition) is 2. The highest BCUT2D eigenvalue weighted by atomic mass is 127. The van der Waals surface area contributed by atoms with Gasteiger partial charge in [0.1, 0.15) is 0 Å². The molecule has 2 rings (SSSR count). The second kappa shape index (κ2) is 11.1. The lowest BCUT2D eigenvalue weighted by Gasteiger charge is -2.41. The van der Waals surface area contributed by atoms with Gasteiger partial charge in [0.05, 0.1) is 0 Å². The van der Waals surface area contributed by atoms with E-state index in [1.807, 2.05) is 0 Å². The number of rotatable bonds is 7. The van der Waals surface area contributed by atoms with Crippen LogP contribution < -0.4 is 10.6 Å². The van der Waals surface area contributed by atoms with Crippen LogP contribution in [-0.2, 0) is 6.42 Å². The summed E-state index contributed by atoms with van der Waals surface area (Å²) in [7, 11) is 1.80. The molecule has 0 amide bonds. The van der Waals surface area contributed by atoms with Crippen LogP contribution in [0.1, 0.15) is 64.6 Å². The maximum atomic E-state index is 5.27. The second-order valence-corrected chi connectivity index (χ2v) is 7.66. The third-order valence-corrected chi connectivity index (χ3v) is 4.76. The van der Waals surface area contributed by atoms with Crippen LogP contribution in [0.5, 0.6) is 0 Å². The third kappa shape index (κ3) is 7.02. The van der Waals surface area contributed by atoms with Crippen molar-refractivity contribution < 1.29 is 4.52 Å². The lowest BCUT2D eigenvalue weighted by atomic mass is 9.98. The number of piperidine rings is 1. The monoisotopic (exact) mass is 478 g/mol. The minimum absolute atomic E-state index is 0. The summed E-state index contributed by atoms with van der Waals surface area (Å²) in [5.74, 6) is 2.53. The highest BCUT2D eigenvalue weighted by Gasteiger charge is 2.27. The quantitative estimate of drug-likeness (QED) is 0.357. The fraction of sp³-hybridized carbons (Fsp3) is 0.833. The SMILES string of the molecule is CN=C(NCCc1nc(C(C)C)no1)NCC(C)(C)N1CCCCC1.I. The van der Waals surface area contributed by atoms with Crippen LogP contribution in [-0.4, -0.2) is 59.8 Å². The van der Waals surface area contributed by atoms with Crippen LogP contribution in [0.3, 0.4) is 0 Å². The van der Waals surface area contributed by atoms with Gasteiger partial charge in [-0.05, 0) is 39.8 Å². The molecule has 2 heterocycles. The molecule has 0 atom stereocenters. The maximum absolute atomic E-state index is 5.27. The first-order valence-corrected chi connectivity index (χ1v) is 9.44. The van der Waals surface area contributed by atoms with Gasteiger partial charge in [-0.2, -0.15) is 4.98 Å². The van der Waals surface area contributed by atoms with Crippen molar-refractivity contribution in [2.45, 2.75) is 64.8 Å².